The maximum atomic E-state index is 12.5. The minimum absolute atomic E-state index is 0.0485. The number of carbonyl (C=O) groups excluding carboxylic acids is 2. The van der Waals surface area contributed by atoms with E-state index in [-0.39, 0.29) is 11.8 Å². The van der Waals surface area contributed by atoms with Crippen molar-refractivity contribution < 1.29 is 14.3 Å². The molecule has 0 bridgehead atoms. The van der Waals surface area contributed by atoms with Crippen LogP contribution in [0.1, 0.15) is 58.8 Å². The lowest BCUT2D eigenvalue weighted by atomic mass is 9.96. The summed E-state index contributed by atoms with van der Waals surface area (Å²) in [6, 6.07) is -0.104. The van der Waals surface area contributed by atoms with Crippen LogP contribution in [0.4, 0.5) is 0 Å². The molecule has 26 heavy (non-hydrogen) atoms. The van der Waals surface area contributed by atoms with Crippen molar-refractivity contribution in [3.63, 3.8) is 0 Å². The SMILES string of the molecule is C=C(C[C@H](NC(=O)CC1CCOCC1)C(=O)NCC)N1CCCC[C@@H]1C. The van der Waals surface area contributed by atoms with Crippen molar-refractivity contribution in [2.24, 2.45) is 5.92 Å². The van der Waals surface area contributed by atoms with Gasteiger partial charge in [-0.1, -0.05) is 6.58 Å². The first-order chi connectivity index (χ1) is 12.5. The van der Waals surface area contributed by atoms with E-state index in [0.29, 0.717) is 31.3 Å². The van der Waals surface area contributed by atoms with Gasteiger partial charge in [-0.2, -0.15) is 0 Å². The van der Waals surface area contributed by atoms with Crippen molar-refractivity contribution in [3.8, 4) is 0 Å². The van der Waals surface area contributed by atoms with E-state index in [4.69, 9.17) is 4.74 Å². The van der Waals surface area contributed by atoms with Gasteiger partial charge in [-0.05, 0) is 51.9 Å². The number of rotatable bonds is 8. The second-order valence-electron chi connectivity index (χ2n) is 7.58. The van der Waals surface area contributed by atoms with Crippen molar-refractivity contribution in [1.82, 2.24) is 15.5 Å². The molecule has 0 saturated carbocycles. The average molecular weight is 366 g/mol. The van der Waals surface area contributed by atoms with E-state index in [0.717, 1.165) is 51.1 Å². The van der Waals surface area contributed by atoms with Crippen molar-refractivity contribution >= 4 is 11.8 Å². The minimum Gasteiger partial charge on any atom is -0.381 e. The number of piperidine rings is 1. The Balaban J connectivity index is 1.92. The highest BCUT2D eigenvalue weighted by atomic mass is 16.5. The van der Waals surface area contributed by atoms with Crippen LogP contribution in [0.3, 0.4) is 0 Å². The lowest BCUT2D eigenvalue weighted by Crippen LogP contribution is -2.49. The van der Waals surface area contributed by atoms with Gasteiger partial charge in [-0.3, -0.25) is 9.59 Å². The summed E-state index contributed by atoms with van der Waals surface area (Å²) < 4.78 is 5.35. The summed E-state index contributed by atoms with van der Waals surface area (Å²) in [6.45, 7) is 11.3. The fourth-order valence-corrected chi connectivity index (χ4v) is 3.89. The smallest absolute Gasteiger partial charge is 0.242 e. The molecule has 6 nitrogen and oxygen atoms in total. The number of amides is 2. The van der Waals surface area contributed by atoms with E-state index >= 15 is 0 Å². The van der Waals surface area contributed by atoms with Gasteiger partial charge in [-0.15, -0.1) is 0 Å². The van der Waals surface area contributed by atoms with Crippen LogP contribution in [0.25, 0.3) is 0 Å². The largest absolute Gasteiger partial charge is 0.381 e. The van der Waals surface area contributed by atoms with Crippen LogP contribution in [0.15, 0.2) is 12.3 Å². The Morgan fingerprint density at radius 2 is 1.96 bits per heavy atom. The molecule has 0 aromatic carbocycles. The number of hydrogen-bond acceptors (Lipinski definition) is 4. The Kier molecular flexibility index (Phi) is 8.42. The second-order valence-corrected chi connectivity index (χ2v) is 7.58. The quantitative estimate of drug-likeness (QED) is 0.692. The third-order valence-corrected chi connectivity index (χ3v) is 5.47. The van der Waals surface area contributed by atoms with Crippen LogP contribution in [0.5, 0.6) is 0 Å². The molecule has 2 rings (SSSR count). The molecule has 0 aliphatic carbocycles. The predicted octanol–water partition coefficient (Wildman–Crippen LogP) is 2.20. The first-order valence-electron chi connectivity index (χ1n) is 10.1. The van der Waals surface area contributed by atoms with Gasteiger partial charge < -0.3 is 20.3 Å². The molecule has 148 valence electrons. The van der Waals surface area contributed by atoms with Crippen molar-refractivity contribution in [2.45, 2.75) is 70.9 Å². The zero-order chi connectivity index (χ0) is 18.9. The predicted molar refractivity (Wildman–Crippen MR) is 103 cm³/mol. The molecule has 2 saturated heterocycles. The maximum absolute atomic E-state index is 12.5. The van der Waals surface area contributed by atoms with Gasteiger partial charge in [-0.25, -0.2) is 0 Å². The maximum Gasteiger partial charge on any atom is 0.242 e. The van der Waals surface area contributed by atoms with Gasteiger partial charge in [0.2, 0.25) is 11.8 Å². The average Bonchev–Trinajstić information content (AvgIpc) is 2.62. The van der Waals surface area contributed by atoms with Crippen LogP contribution in [0.2, 0.25) is 0 Å². The molecule has 0 unspecified atom stereocenters. The number of nitrogens with one attached hydrogen (secondary N) is 2. The van der Waals surface area contributed by atoms with Gasteiger partial charge in [0.15, 0.2) is 0 Å². The van der Waals surface area contributed by atoms with Gasteiger partial charge in [0, 0.05) is 50.9 Å². The first-order valence-corrected chi connectivity index (χ1v) is 10.1. The molecular formula is C20H35N3O3. The molecule has 0 spiro atoms. The Bertz CT molecular complexity index is 489. The molecule has 6 heteroatoms. The fourth-order valence-electron chi connectivity index (χ4n) is 3.89. The molecule has 2 aliphatic rings. The summed E-state index contributed by atoms with van der Waals surface area (Å²) in [6.07, 6.45) is 6.31. The summed E-state index contributed by atoms with van der Waals surface area (Å²) in [5.74, 6) is 0.176. The molecule has 2 aliphatic heterocycles. The third kappa shape index (κ3) is 6.31. The lowest BCUT2D eigenvalue weighted by Gasteiger charge is -2.37. The van der Waals surface area contributed by atoms with Gasteiger partial charge in [0.25, 0.3) is 0 Å². The number of likely N-dealkylation sites (N-methyl/N-ethyl adjacent to an activating group) is 1. The summed E-state index contributed by atoms with van der Waals surface area (Å²) >= 11 is 0. The summed E-state index contributed by atoms with van der Waals surface area (Å²) in [5, 5.41) is 5.80. The summed E-state index contributed by atoms with van der Waals surface area (Å²) in [4.78, 5) is 27.2. The first kappa shape index (κ1) is 20.7. The third-order valence-electron chi connectivity index (χ3n) is 5.47. The molecule has 0 radical (unpaired) electrons. The van der Waals surface area contributed by atoms with Crippen LogP contribution in [0, 0.1) is 5.92 Å². The number of ether oxygens (including phenoxy) is 1. The number of hydrogen-bond donors (Lipinski definition) is 2. The topological polar surface area (TPSA) is 70.7 Å². The Morgan fingerprint density at radius 3 is 2.62 bits per heavy atom. The van der Waals surface area contributed by atoms with Crippen LogP contribution in [-0.2, 0) is 14.3 Å². The van der Waals surface area contributed by atoms with Crippen LogP contribution >= 0.6 is 0 Å². The van der Waals surface area contributed by atoms with Gasteiger partial charge >= 0.3 is 0 Å². The molecule has 2 N–H and O–H groups in total. The molecular weight excluding hydrogens is 330 g/mol. The monoisotopic (exact) mass is 365 g/mol. The fraction of sp³-hybridized carbons (Fsp3) is 0.800. The number of nitrogens with zero attached hydrogens (tertiary/aromatic N) is 1. The highest BCUT2D eigenvalue weighted by molar-refractivity contribution is 5.87. The van der Waals surface area contributed by atoms with E-state index in [1.807, 2.05) is 6.92 Å². The highest BCUT2D eigenvalue weighted by Crippen LogP contribution is 2.23. The normalized spacial score (nSPS) is 22.5. The van der Waals surface area contributed by atoms with Gasteiger partial charge in [0.1, 0.15) is 6.04 Å². The van der Waals surface area contributed by atoms with E-state index < -0.39 is 6.04 Å². The number of likely N-dealkylation sites (tertiary alicyclic amines) is 1. The van der Waals surface area contributed by atoms with E-state index in [9.17, 15) is 9.59 Å². The Hall–Kier alpha value is -1.56. The molecule has 2 fully saturated rings. The minimum atomic E-state index is -0.552. The molecule has 0 aromatic rings. The highest BCUT2D eigenvalue weighted by Gasteiger charge is 2.27. The van der Waals surface area contributed by atoms with Crippen LogP contribution in [-0.4, -0.2) is 55.1 Å². The summed E-state index contributed by atoms with van der Waals surface area (Å²) in [5.41, 5.74) is 0.944. The van der Waals surface area contributed by atoms with Crippen LogP contribution < -0.4 is 10.6 Å². The molecule has 2 amide bonds. The Morgan fingerprint density at radius 1 is 1.23 bits per heavy atom. The number of carbonyl (C=O) groups is 2. The second kappa shape index (κ2) is 10.6. The van der Waals surface area contributed by atoms with Crippen molar-refractivity contribution in [1.29, 1.82) is 0 Å². The van der Waals surface area contributed by atoms with Crippen molar-refractivity contribution in [2.75, 3.05) is 26.3 Å². The molecule has 0 aromatic heterocycles. The van der Waals surface area contributed by atoms with Crippen molar-refractivity contribution in [3.05, 3.63) is 12.3 Å². The molecule has 2 atom stereocenters. The lowest BCUT2D eigenvalue weighted by molar-refractivity contribution is -0.129. The van der Waals surface area contributed by atoms with E-state index in [1.54, 1.807) is 0 Å². The van der Waals surface area contributed by atoms with E-state index in [2.05, 4.69) is 29.0 Å². The zero-order valence-corrected chi connectivity index (χ0v) is 16.4. The standard InChI is InChI=1S/C20H35N3O3/c1-4-21-20(25)18(13-16(3)23-10-6-5-7-15(23)2)22-19(24)14-17-8-11-26-12-9-17/h15,17-18H,3-14H2,1-2H3,(H,21,25)(H,22,24)/t15-,18-/m0/s1. The Labute approximate surface area is 157 Å². The molecule has 2 heterocycles. The van der Waals surface area contributed by atoms with Gasteiger partial charge in [0.05, 0.1) is 0 Å². The van der Waals surface area contributed by atoms with E-state index in [1.165, 1.54) is 6.42 Å². The zero-order valence-electron chi connectivity index (χ0n) is 16.4. The summed E-state index contributed by atoms with van der Waals surface area (Å²) in [7, 11) is 0.